The Labute approximate surface area is 95.5 Å². The summed E-state index contributed by atoms with van der Waals surface area (Å²) < 4.78 is 13.4. The average Bonchev–Trinajstić information content (AvgIpc) is 2.25. The van der Waals surface area contributed by atoms with Crippen molar-refractivity contribution in [3.63, 3.8) is 0 Å². The van der Waals surface area contributed by atoms with Crippen molar-refractivity contribution in [2.24, 2.45) is 0 Å². The van der Waals surface area contributed by atoms with Crippen LogP contribution in [0.5, 0.6) is 0 Å². The molecule has 2 unspecified atom stereocenters. The van der Waals surface area contributed by atoms with Gasteiger partial charge < -0.3 is 5.32 Å². The zero-order chi connectivity index (χ0) is 10.7. The lowest BCUT2D eigenvalue weighted by molar-refractivity contribution is 0.244. The van der Waals surface area contributed by atoms with Gasteiger partial charge in [-0.3, -0.25) is 4.90 Å². The predicted molar refractivity (Wildman–Crippen MR) is 61.2 cm³/mol. The summed E-state index contributed by atoms with van der Waals surface area (Å²) in [6.45, 7) is 5.15. The summed E-state index contributed by atoms with van der Waals surface area (Å²) in [7, 11) is 0. The van der Waals surface area contributed by atoms with Crippen molar-refractivity contribution in [2.75, 3.05) is 32.7 Å². The predicted octanol–water partition coefficient (Wildman–Crippen LogP) is 1.56. The van der Waals surface area contributed by atoms with Crippen LogP contribution in [-0.4, -0.2) is 49.2 Å². The maximum Gasteiger partial charge on any atom is 0.120 e. The molecule has 1 aliphatic carbocycles. The third kappa shape index (κ3) is 3.16. The lowest BCUT2D eigenvalue weighted by Crippen LogP contribution is -2.44. The SMILES string of the molecule is FC1CC(CN2CCNCC2)=CCC1Cl. The van der Waals surface area contributed by atoms with Gasteiger partial charge in [0.1, 0.15) is 6.17 Å². The fraction of sp³-hybridized carbons (Fsp3) is 0.818. The highest BCUT2D eigenvalue weighted by Gasteiger charge is 2.24. The van der Waals surface area contributed by atoms with E-state index >= 15 is 0 Å². The quantitative estimate of drug-likeness (QED) is 0.574. The summed E-state index contributed by atoms with van der Waals surface area (Å²) in [4.78, 5) is 2.38. The fourth-order valence-electron chi connectivity index (χ4n) is 2.17. The number of allylic oxidation sites excluding steroid dienone is 1. The Kier molecular flexibility index (Phi) is 4.00. The summed E-state index contributed by atoms with van der Waals surface area (Å²) in [5.74, 6) is 0. The van der Waals surface area contributed by atoms with Crippen molar-refractivity contribution in [2.45, 2.75) is 24.4 Å². The molecule has 0 aromatic carbocycles. The highest BCUT2D eigenvalue weighted by atomic mass is 35.5. The molecule has 0 spiro atoms. The van der Waals surface area contributed by atoms with Crippen LogP contribution in [0, 0.1) is 0 Å². The van der Waals surface area contributed by atoms with Gasteiger partial charge in [-0.15, -0.1) is 11.6 Å². The largest absolute Gasteiger partial charge is 0.314 e. The number of halogens is 2. The summed E-state index contributed by atoms with van der Waals surface area (Å²) in [6.07, 6.45) is 2.48. The van der Waals surface area contributed by atoms with E-state index in [1.165, 1.54) is 5.57 Å². The van der Waals surface area contributed by atoms with Crippen molar-refractivity contribution in [1.82, 2.24) is 10.2 Å². The minimum absolute atomic E-state index is 0.309. The number of alkyl halides is 2. The molecule has 0 aromatic rings. The lowest BCUT2D eigenvalue weighted by Gasteiger charge is -2.30. The van der Waals surface area contributed by atoms with Crippen LogP contribution < -0.4 is 5.32 Å². The van der Waals surface area contributed by atoms with E-state index in [0.29, 0.717) is 12.8 Å². The van der Waals surface area contributed by atoms with Gasteiger partial charge >= 0.3 is 0 Å². The number of nitrogens with zero attached hydrogens (tertiary/aromatic N) is 1. The van der Waals surface area contributed by atoms with Crippen LogP contribution >= 0.6 is 11.6 Å². The number of hydrogen-bond donors (Lipinski definition) is 1. The molecular weight excluding hydrogens is 215 g/mol. The maximum atomic E-state index is 13.4. The molecule has 0 saturated carbocycles. The van der Waals surface area contributed by atoms with Crippen LogP contribution in [0.3, 0.4) is 0 Å². The smallest absolute Gasteiger partial charge is 0.120 e. The number of rotatable bonds is 2. The normalized spacial score (nSPS) is 33.9. The molecular formula is C11H18ClFN2. The van der Waals surface area contributed by atoms with Crippen LogP contribution in [0.2, 0.25) is 0 Å². The number of piperazine rings is 1. The summed E-state index contributed by atoms with van der Waals surface area (Å²) in [6, 6.07) is 0. The molecule has 0 aromatic heterocycles. The van der Waals surface area contributed by atoms with E-state index in [1.54, 1.807) is 0 Å². The van der Waals surface area contributed by atoms with Crippen molar-refractivity contribution in [1.29, 1.82) is 0 Å². The van der Waals surface area contributed by atoms with Crippen LogP contribution in [-0.2, 0) is 0 Å². The zero-order valence-electron chi connectivity index (χ0n) is 8.88. The summed E-state index contributed by atoms with van der Waals surface area (Å²) >= 11 is 5.83. The van der Waals surface area contributed by atoms with Crippen molar-refractivity contribution in [3.8, 4) is 0 Å². The van der Waals surface area contributed by atoms with Crippen LogP contribution in [0.1, 0.15) is 12.8 Å². The Morgan fingerprint density at radius 1 is 1.47 bits per heavy atom. The van der Waals surface area contributed by atoms with Gasteiger partial charge in [-0.05, 0) is 6.42 Å². The first-order chi connectivity index (χ1) is 7.25. The Morgan fingerprint density at radius 2 is 2.20 bits per heavy atom. The fourth-order valence-corrected chi connectivity index (χ4v) is 2.35. The van der Waals surface area contributed by atoms with Gasteiger partial charge in [0.15, 0.2) is 0 Å². The van der Waals surface area contributed by atoms with Gasteiger partial charge in [-0.2, -0.15) is 0 Å². The molecule has 2 nitrogen and oxygen atoms in total. The Morgan fingerprint density at radius 3 is 2.87 bits per heavy atom. The van der Waals surface area contributed by atoms with E-state index in [-0.39, 0.29) is 5.38 Å². The minimum atomic E-state index is -0.852. The minimum Gasteiger partial charge on any atom is -0.314 e. The van der Waals surface area contributed by atoms with Gasteiger partial charge in [0.2, 0.25) is 0 Å². The molecule has 1 saturated heterocycles. The van der Waals surface area contributed by atoms with Crippen LogP contribution in [0.25, 0.3) is 0 Å². The molecule has 0 radical (unpaired) electrons. The first kappa shape index (κ1) is 11.4. The topological polar surface area (TPSA) is 15.3 Å². The second-order valence-corrected chi connectivity index (χ2v) is 4.92. The monoisotopic (exact) mass is 232 g/mol. The van der Waals surface area contributed by atoms with Crippen molar-refractivity contribution >= 4 is 11.6 Å². The standard InChI is InChI=1S/C11H18ClFN2/c12-10-2-1-9(7-11(10)13)8-15-5-3-14-4-6-15/h1,10-11,14H,2-8H2. The van der Waals surface area contributed by atoms with E-state index in [9.17, 15) is 4.39 Å². The van der Waals surface area contributed by atoms with Gasteiger partial charge in [-0.25, -0.2) is 4.39 Å². The molecule has 1 aliphatic heterocycles. The highest BCUT2D eigenvalue weighted by molar-refractivity contribution is 6.21. The van der Waals surface area contributed by atoms with Crippen molar-refractivity contribution < 1.29 is 4.39 Å². The first-order valence-corrected chi connectivity index (χ1v) is 6.08. The number of nitrogens with one attached hydrogen (secondary N) is 1. The highest BCUT2D eigenvalue weighted by Crippen LogP contribution is 2.25. The molecule has 2 rings (SSSR count). The maximum absolute atomic E-state index is 13.4. The Balaban J connectivity index is 1.83. The summed E-state index contributed by atoms with van der Waals surface area (Å²) in [5.41, 5.74) is 1.22. The Bertz CT molecular complexity index is 239. The van der Waals surface area contributed by atoms with Crippen LogP contribution in [0.4, 0.5) is 4.39 Å². The Hall–Kier alpha value is -0.120. The molecule has 86 valence electrons. The molecule has 15 heavy (non-hydrogen) atoms. The molecule has 2 atom stereocenters. The molecule has 2 aliphatic rings. The third-order valence-electron chi connectivity index (χ3n) is 3.12. The molecule has 1 N–H and O–H groups in total. The van der Waals surface area contributed by atoms with E-state index in [0.717, 1.165) is 32.7 Å². The van der Waals surface area contributed by atoms with Gasteiger partial charge in [0.05, 0.1) is 5.38 Å². The lowest BCUT2D eigenvalue weighted by atomic mass is 9.97. The zero-order valence-corrected chi connectivity index (χ0v) is 9.64. The summed E-state index contributed by atoms with van der Waals surface area (Å²) in [5, 5.41) is 3.00. The van der Waals surface area contributed by atoms with E-state index in [4.69, 9.17) is 11.6 Å². The second-order valence-electron chi connectivity index (χ2n) is 4.36. The van der Waals surface area contributed by atoms with Crippen molar-refractivity contribution in [3.05, 3.63) is 11.6 Å². The third-order valence-corrected chi connectivity index (χ3v) is 3.57. The average molecular weight is 233 g/mol. The molecule has 0 amide bonds. The van der Waals surface area contributed by atoms with Crippen LogP contribution in [0.15, 0.2) is 11.6 Å². The second kappa shape index (κ2) is 5.28. The molecule has 0 bridgehead atoms. The molecule has 1 heterocycles. The van der Waals surface area contributed by atoms with Gasteiger partial charge in [0.25, 0.3) is 0 Å². The van der Waals surface area contributed by atoms with Gasteiger partial charge in [0, 0.05) is 39.1 Å². The number of hydrogen-bond acceptors (Lipinski definition) is 2. The van der Waals surface area contributed by atoms with E-state index in [2.05, 4.69) is 16.3 Å². The molecule has 4 heteroatoms. The molecule has 1 fully saturated rings. The first-order valence-electron chi connectivity index (χ1n) is 5.65. The van der Waals surface area contributed by atoms with Gasteiger partial charge in [-0.1, -0.05) is 11.6 Å². The van der Waals surface area contributed by atoms with E-state index in [1.807, 2.05) is 0 Å². The van der Waals surface area contributed by atoms with E-state index < -0.39 is 6.17 Å².